The van der Waals surface area contributed by atoms with E-state index in [1.165, 1.54) is 6.07 Å². The van der Waals surface area contributed by atoms with Crippen LogP contribution in [-0.4, -0.2) is 16.3 Å². The number of benzene rings is 1. The van der Waals surface area contributed by atoms with E-state index in [-0.39, 0.29) is 0 Å². The molecule has 1 aromatic heterocycles. The molecule has 0 unspecified atom stereocenters. The molecular weight excluding hydrogens is 335 g/mol. The van der Waals surface area contributed by atoms with Crippen molar-refractivity contribution in [3.8, 4) is 0 Å². The molecule has 2 aromatic rings. The summed E-state index contributed by atoms with van der Waals surface area (Å²) in [6.45, 7) is 0.615. The lowest BCUT2D eigenvalue weighted by molar-refractivity contribution is -0.137. The molecule has 0 saturated heterocycles. The monoisotopic (exact) mass is 347 g/mol. The molecule has 0 bridgehead atoms. The number of aromatic nitrogens is 2. The van der Waals surface area contributed by atoms with E-state index in [0.717, 1.165) is 24.2 Å². The molecule has 0 fully saturated rings. The molecule has 1 aromatic carbocycles. The van der Waals surface area contributed by atoms with Crippen molar-refractivity contribution in [1.29, 1.82) is 0 Å². The Morgan fingerprint density at radius 2 is 2.05 bits per heavy atom. The number of aryl methyl sites for hydroxylation is 1. The molecule has 7 heteroatoms. The summed E-state index contributed by atoms with van der Waals surface area (Å²) in [6, 6.07) is 5.48. The summed E-state index contributed by atoms with van der Waals surface area (Å²) in [6.07, 6.45) is -1.87. The number of alkyl halides is 3. The van der Waals surface area contributed by atoms with Crippen LogP contribution in [0.2, 0.25) is 0 Å². The molecule has 0 aliphatic carbocycles. The maximum Gasteiger partial charge on any atom is 0.416 e. The van der Waals surface area contributed by atoms with Gasteiger partial charge in [0.25, 0.3) is 0 Å². The average molecular weight is 348 g/mol. The second kappa shape index (κ2) is 5.87. The topological polar surface area (TPSA) is 29.9 Å². The third-order valence-electron chi connectivity index (χ3n) is 2.92. The Morgan fingerprint density at radius 1 is 1.30 bits per heavy atom. The summed E-state index contributed by atoms with van der Waals surface area (Å²) in [5, 5.41) is 7.15. The van der Waals surface area contributed by atoms with E-state index < -0.39 is 11.7 Å². The van der Waals surface area contributed by atoms with E-state index in [0.29, 0.717) is 16.7 Å². The summed E-state index contributed by atoms with van der Waals surface area (Å²) < 4.78 is 39.8. The lowest BCUT2D eigenvalue weighted by atomic mass is 10.2. The van der Waals surface area contributed by atoms with Crippen molar-refractivity contribution < 1.29 is 13.2 Å². The van der Waals surface area contributed by atoms with Crippen LogP contribution in [0.4, 0.5) is 18.9 Å². The lowest BCUT2D eigenvalue weighted by Crippen LogP contribution is -2.10. The number of nitrogens with one attached hydrogen (secondary N) is 1. The lowest BCUT2D eigenvalue weighted by Gasteiger charge is -2.12. The van der Waals surface area contributed by atoms with Gasteiger partial charge in [-0.1, -0.05) is 0 Å². The van der Waals surface area contributed by atoms with Gasteiger partial charge >= 0.3 is 6.18 Å². The SMILES string of the molecule is Cn1nccc1CCNc1ccc(C(F)(F)F)cc1Br. The third-order valence-corrected chi connectivity index (χ3v) is 3.57. The Bertz CT molecular complexity index is 593. The smallest absolute Gasteiger partial charge is 0.384 e. The Labute approximate surface area is 122 Å². The second-order valence-electron chi connectivity index (χ2n) is 4.32. The van der Waals surface area contributed by atoms with Crippen LogP contribution in [0.1, 0.15) is 11.3 Å². The zero-order chi connectivity index (χ0) is 14.8. The van der Waals surface area contributed by atoms with E-state index in [9.17, 15) is 13.2 Å². The van der Waals surface area contributed by atoms with Gasteiger partial charge in [0.2, 0.25) is 0 Å². The Balaban J connectivity index is 1.98. The molecule has 0 amide bonds. The highest BCUT2D eigenvalue weighted by Gasteiger charge is 2.30. The largest absolute Gasteiger partial charge is 0.416 e. The van der Waals surface area contributed by atoms with Crippen LogP contribution in [0.15, 0.2) is 34.9 Å². The van der Waals surface area contributed by atoms with Crippen molar-refractivity contribution in [1.82, 2.24) is 9.78 Å². The van der Waals surface area contributed by atoms with Gasteiger partial charge in [-0.15, -0.1) is 0 Å². The van der Waals surface area contributed by atoms with E-state index in [2.05, 4.69) is 26.3 Å². The third kappa shape index (κ3) is 3.53. The maximum absolute atomic E-state index is 12.5. The highest BCUT2D eigenvalue weighted by atomic mass is 79.9. The van der Waals surface area contributed by atoms with Crippen LogP contribution < -0.4 is 5.32 Å². The van der Waals surface area contributed by atoms with Crippen LogP contribution in [0.25, 0.3) is 0 Å². The fraction of sp³-hybridized carbons (Fsp3) is 0.308. The van der Waals surface area contributed by atoms with Gasteiger partial charge in [0.15, 0.2) is 0 Å². The van der Waals surface area contributed by atoms with E-state index in [1.807, 2.05) is 13.1 Å². The molecule has 0 atom stereocenters. The molecule has 20 heavy (non-hydrogen) atoms. The fourth-order valence-electron chi connectivity index (χ4n) is 1.81. The number of halogens is 4. The first-order valence-electron chi connectivity index (χ1n) is 5.95. The van der Waals surface area contributed by atoms with Gasteiger partial charge in [0.1, 0.15) is 0 Å². The van der Waals surface area contributed by atoms with Crippen LogP contribution in [0, 0.1) is 0 Å². The van der Waals surface area contributed by atoms with Crippen molar-refractivity contribution in [2.45, 2.75) is 12.6 Å². The summed E-state index contributed by atoms with van der Waals surface area (Å²) >= 11 is 3.15. The molecule has 1 N–H and O–H groups in total. The Morgan fingerprint density at radius 3 is 2.60 bits per heavy atom. The number of rotatable bonds is 4. The zero-order valence-electron chi connectivity index (χ0n) is 10.7. The quantitative estimate of drug-likeness (QED) is 0.910. The maximum atomic E-state index is 12.5. The van der Waals surface area contributed by atoms with Gasteiger partial charge < -0.3 is 5.32 Å². The minimum absolute atomic E-state index is 0.400. The standard InChI is InChI=1S/C13H13BrF3N3/c1-20-10(5-7-19-20)4-6-18-12-3-2-9(8-11(12)14)13(15,16)17/h2-3,5,7-8,18H,4,6H2,1H3. The van der Waals surface area contributed by atoms with Crippen molar-refractivity contribution in [2.75, 3.05) is 11.9 Å². The number of hydrogen-bond acceptors (Lipinski definition) is 2. The highest BCUT2D eigenvalue weighted by Crippen LogP contribution is 2.33. The predicted octanol–water partition coefficient (Wildman–Crippen LogP) is 3.86. The van der Waals surface area contributed by atoms with Gasteiger partial charge in [-0.2, -0.15) is 18.3 Å². The van der Waals surface area contributed by atoms with Gasteiger partial charge in [-0.3, -0.25) is 4.68 Å². The zero-order valence-corrected chi connectivity index (χ0v) is 12.3. The van der Waals surface area contributed by atoms with Crippen LogP contribution >= 0.6 is 15.9 Å². The van der Waals surface area contributed by atoms with Gasteiger partial charge in [-0.25, -0.2) is 0 Å². The molecule has 1 heterocycles. The highest BCUT2D eigenvalue weighted by molar-refractivity contribution is 9.10. The summed E-state index contributed by atoms with van der Waals surface area (Å²) in [4.78, 5) is 0. The molecule has 0 spiro atoms. The van der Waals surface area contributed by atoms with Crippen LogP contribution in [0.3, 0.4) is 0 Å². The first kappa shape index (κ1) is 14.9. The predicted molar refractivity (Wildman–Crippen MR) is 74.5 cm³/mol. The summed E-state index contributed by atoms with van der Waals surface area (Å²) in [5.41, 5.74) is 1.03. The van der Waals surface area contributed by atoms with E-state index in [1.54, 1.807) is 10.9 Å². The molecule has 0 aliphatic rings. The normalized spacial score (nSPS) is 11.7. The Hall–Kier alpha value is -1.50. The van der Waals surface area contributed by atoms with Crippen LogP contribution in [-0.2, 0) is 19.6 Å². The Kier molecular flexibility index (Phi) is 4.37. The second-order valence-corrected chi connectivity index (χ2v) is 5.17. The number of nitrogens with zero attached hydrogens (tertiary/aromatic N) is 2. The average Bonchev–Trinajstić information content (AvgIpc) is 2.76. The van der Waals surface area contributed by atoms with E-state index in [4.69, 9.17) is 0 Å². The minimum atomic E-state index is -4.32. The summed E-state index contributed by atoms with van der Waals surface area (Å²) in [7, 11) is 1.85. The van der Waals surface area contributed by atoms with Crippen molar-refractivity contribution in [3.63, 3.8) is 0 Å². The van der Waals surface area contributed by atoms with Crippen LogP contribution in [0.5, 0.6) is 0 Å². The number of hydrogen-bond donors (Lipinski definition) is 1. The molecule has 0 aliphatic heterocycles. The summed E-state index contributed by atoms with van der Waals surface area (Å²) in [5.74, 6) is 0. The van der Waals surface area contributed by atoms with Crippen molar-refractivity contribution >= 4 is 21.6 Å². The van der Waals surface area contributed by atoms with Gasteiger partial charge in [0, 0.05) is 42.1 Å². The van der Waals surface area contributed by atoms with Gasteiger partial charge in [0.05, 0.1) is 5.56 Å². The van der Waals surface area contributed by atoms with Crippen molar-refractivity contribution in [3.05, 3.63) is 46.2 Å². The first-order chi connectivity index (χ1) is 9.38. The van der Waals surface area contributed by atoms with Gasteiger partial charge in [-0.05, 0) is 40.2 Å². The molecule has 108 valence electrons. The fourth-order valence-corrected chi connectivity index (χ4v) is 2.33. The van der Waals surface area contributed by atoms with Crippen molar-refractivity contribution in [2.24, 2.45) is 7.05 Å². The minimum Gasteiger partial charge on any atom is -0.384 e. The van der Waals surface area contributed by atoms with E-state index >= 15 is 0 Å². The molecule has 0 radical (unpaired) electrons. The first-order valence-corrected chi connectivity index (χ1v) is 6.75. The molecular formula is C13H13BrF3N3. The molecule has 3 nitrogen and oxygen atoms in total. The molecule has 0 saturated carbocycles. The number of anilines is 1. The molecule has 2 rings (SSSR count).